The van der Waals surface area contributed by atoms with Crippen molar-refractivity contribution in [3.05, 3.63) is 53.4 Å². The number of carboxylic acid groups (broad SMARTS) is 1. The van der Waals surface area contributed by atoms with Crippen LogP contribution in [0.25, 0.3) is 0 Å². The highest BCUT2D eigenvalue weighted by Crippen LogP contribution is 2.38. The van der Waals surface area contributed by atoms with Crippen LogP contribution in [0, 0.1) is 5.82 Å². The van der Waals surface area contributed by atoms with E-state index in [9.17, 15) is 9.18 Å². The van der Waals surface area contributed by atoms with Crippen LogP contribution in [0.1, 0.15) is 46.6 Å². The average molecular weight is 360 g/mol. The molecule has 138 valence electrons. The first-order chi connectivity index (χ1) is 12.5. The van der Waals surface area contributed by atoms with Crippen LogP contribution in [0.2, 0.25) is 0 Å². The molecule has 1 aliphatic carbocycles. The topological polar surface area (TPSA) is 110 Å². The highest BCUT2D eigenvalue weighted by molar-refractivity contribution is 5.84. The standard InChI is InChI=1S/C10H13FN2O.C8H8N2O2/c11-9-5-7(12)1-2-8(9)10-6-13-3-4-14-10;11-8(12)7-4-9-6(3-10-7)5-1-2-5/h1-2,5,10,13H,3-4,6,12H2;3-5H,1-2H2,(H,11,12)/t10-;/m0./s1. The summed E-state index contributed by atoms with van der Waals surface area (Å²) in [6.07, 6.45) is 4.99. The molecule has 1 saturated carbocycles. The average Bonchev–Trinajstić information content (AvgIpc) is 3.48. The highest BCUT2D eigenvalue weighted by Gasteiger charge is 2.25. The number of ether oxygens (including phenoxy) is 1. The molecule has 7 nitrogen and oxygen atoms in total. The number of nitrogens with two attached hydrogens (primary N) is 1. The molecule has 1 aliphatic heterocycles. The Labute approximate surface area is 150 Å². The van der Waals surface area contributed by atoms with Gasteiger partial charge in [-0.15, -0.1) is 0 Å². The quantitative estimate of drug-likeness (QED) is 0.719. The molecule has 0 unspecified atom stereocenters. The highest BCUT2D eigenvalue weighted by atomic mass is 19.1. The fraction of sp³-hybridized carbons (Fsp3) is 0.389. The summed E-state index contributed by atoms with van der Waals surface area (Å²) >= 11 is 0. The van der Waals surface area contributed by atoms with E-state index in [4.69, 9.17) is 15.6 Å². The number of nitrogens with zero attached hydrogens (tertiary/aromatic N) is 2. The molecule has 0 amide bonds. The summed E-state index contributed by atoms with van der Waals surface area (Å²) in [7, 11) is 0. The number of aromatic carboxylic acids is 1. The number of nitrogens with one attached hydrogen (secondary N) is 1. The molecule has 0 bridgehead atoms. The lowest BCUT2D eigenvalue weighted by atomic mass is 10.1. The number of morpholine rings is 1. The van der Waals surface area contributed by atoms with Crippen molar-refractivity contribution in [2.75, 3.05) is 25.4 Å². The third-order valence-electron chi connectivity index (χ3n) is 4.19. The molecule has 1 aromatic carbocycles. The molecule has 2 aromatic rings. The number of carboxylic acids is 1. The normalized spacial score (nSPS) is 19.3. The van der Waals surface area contributed by atoms with Crippen LogP contribution in [0.3, 0.4) is 0 Å². The van der Waals surface area contributed by atoms with Crippen molar-refractivity contribution in [2.24, 2.45) is 0 Å². The van der Waals surface area contributed by atoms with Crippen molar-refractivity contribution >= 4 is 11.7 Å². The molecule has 2 aliphatic rings. The van der Waals surface area contributed by atoms with E-state index >= 15 is 0 Å². The number of benzene rings is 1. The molecule has 1 aromatic heterocycles. The van der Waals surface area contributed by atoms with E-state index in [1.165, 1.54) is 12.3 Å². The van der Waals surface area contributed by atoms with Gasteiger partial charge in [-0.1, -0.05) is 6.07 Å². The van der Waals surface area contributed by atoms with Gasteiger partial charge in [-0.25, -0.2) is 14.2 Å². The van der Waals surface area contributed by atoms with Crippen LogP contribution < -0.4 is 11.1 Å². The maximum Gasteiger partial charge on any atom is 0.356 e. The molecule has 4 N–H and O–H groups in total. The minimum Gasteiger partial charge on any atom is -0.476 e. The predicted octanol–water partition coefficient (Wildman–Crippen LogP) is 2.12. The van der Waals surface area contributed by atoms with Crippen LogP contribution >= 0.6 is 0 Å². The molecule has 0 spiro atoms. The Kier molecular flexibility index (Phi) is 5.75. The molecule has 26 heavy (non-hydrogen) atoms. The number of aromatic nitrogens is 2. The zero-order chi connectivity index (χ0) is 18.5. The zero-order valence-electron chi connectivity index (χ0n) is 14.2. The number of rotatable bonds is 3. The molecular weight excluding hydrogens is 339 g/mol. The number of halogens is 1. The van der Waals surface area contributed by atoms with Gasteiger partial charge in [-0.05, 0) is 25.0 Å². The van der Waals surface area contributed by atoms with Gasteiger partial charge < -0.3 is 20.9 Å². The van der Waals surface area contributed by atoms with Gasteiger partial charge >= 0.3 is 5.97 Å². The van der Waals surface area contributed by atoms with Crippen molar-refractivity contribution in [1.29, 1.82) is 0 Å². The Morgan fingerprint density at radius 3 is 2.65 bits per heavy atom. The Balaban J connectivity index is 0.000000152. The summed E-state index contributed by atoms with van der Waals surface area (Å²) in [6.45, 7) is 2.10. The summed E-state index contributed by atoms with van der Waals surface area (Å²) in [5.74, 6) is -0.788. The number of hydrogen-bond donors (Lipinski definition) is 3. The van der Waals surface area contributed by atoms with Crippen LogP contribution in [-0.4, -0.2) is 40.7 Å². The maximum atomic E-state index is 13.4. The van der Waals surface area contributed by atoms with Gasteiger partial charge in [0.2, 0.25) is 0 Å². The molecule has 1 atom stereocenters. The SMILES string of the molecule is Nc1ccc([C@@H]2CNCCO2)c(F)c1.O=C(O)c1cnc(C2CC2)cn1. The fourth-order valence-electron chi connectivity index (χ4n) is 2.61. The van der Waals surface area contributed by atoms with Crippen LogP contribution in [0.4, 0.5) is 10.1 Å². The zero-order valence-corrected chi connectivity index (χ0v) is 14.2. The van der Waals surface area contributed by atoms with Crippen molar-refractivity contribution < 1.29 is 19.0 Å². The van der Waals surface area contributed by atoms with E-state index in [1.54, 1.807) is 18.3 Å². The monoisotopic (exact) mass is 360 g/mol. The Morgan fingerprint density at radius 1 is 1.31 bits per heavy atom. The molecule has 0 radical (unpaired) electrons. The second-order valence-corrected chi connectivity index (χ2v) is 6.25. The summed E-state index contributed by atoms with van der Waals surface area (Å²) in [5.41, 5.74) is 7.41. The van der Waals surface area contributed by atoms with E-state index in [-0.39, 0.29) is 17.6 Å². The largest absolute Gasteiger partial charge is 0.476 e. The lowest BCUT2D eigenvalue weighted by Crippen LogP contribution is -2.33. The van der Waals surface area contributed by atoms with Crippen LogP contribution in [-0.2, 0) is 4.74 Å². The first-order valence-electron chi connectivity index (χ1n) is 8.47. The van der Waals surface area contributed by atoms with Gasteiger partial charge in [0.1, 0.15) is 5.82 Å². The van der Waals surface area contributed by atoms with Gasteiger partial charge in [0, 0.05) is 36.5 Å². The summed E-state index contributed by atoms with van der Waals surface area (Å²) in [4.78, 5) is 18.2. The third-order valence-corrected chi connectivity index (χ3v) is 4.19. The first-order valence-corrected chi connectivity index (χ1v) is 8.47. The second kappa shape index (κ2) is 8.20. The number of anilines is 1. The van der Waals surface area contributed by atoms with E-state index in [1.807, 2.05) is 0 Å². The van der Waals surface area contributed by atoms with Crippen LogP contribution in [0.15, 0.2) is 30.6 Å². The summed E-state index contributed by atoms with van der Waals surface area (Å²) in [6, 6.07) is 4.70. The lowest BCUT2D eigenvalue weighted by Gasteiger charge is -2.24. The van der Waals surface area contributed by atoms with E-state index < -0.39 is 5.97 Å². The van der Waals surface area contributed by atoms with Crippen molar-refractivity contribution in [2.45, 2.75) is 24.9 Å². The third kappa shape index (κ3) is 4.74. The molecule has 4 rings (SSSR count). The fourth-order valence-corrected chi connectivity index (χ4v) is 2.61. The van der Waals surface area contributed by atoms with Gasteiger partial charge in [0.15, 0.2) is 5.69 Å². The molecule has 2 fully saturated rings. The summed E-state index contributed by atoms with van der Waals surface area (Å²) < 4.78 is 18.9. The Morgan fingerprint density at radius 2 is 2.12 bits per heavy atom. The smallest absolute Gasteiger partial charge is 0.356 e. The number of carbonyl (C=O) groups is 1. The number of hydrogen-bond acceptors (Lipinski definition) is 6. The minimum atomic E-state index is -1.02. The van der Waals surface area contributed by atoms with E-state index in [0.29, 0.717) is 30.3 Å². The maximum absolute atomic E-state index is 13.4. The Bertz CT molecular complexity index is 760. The molecule has 2 heterocycles. The molecule has 1 saturated heterocycles. The second-order valence-electron chi connectivity index (χ2n) is 6.25. The lowest BCUT2D eigenvalue weighted by molar-refractivity contribution is 0.0255. The van der Waals surface area contributed by atoms with Crippen molar-refractivity contribution in [1.82, 2.24) is 15.3 Å². The number of nitrogen functional groups attached to an aromatic ring is 1. The Hall–Kier alpha value is -2.58. The molecular formula is C18H21FN4O3. The predicted molar refractivity (Wildman–Crippen MR) is 93.3 cm³/mol. The van der Waals surface area contributed by atoms with Crippen LogP contribution in [0.5, 0.6) is 0 Å². The van der Waals surface area contributed by atoms with Crippen molar-refractivity contribution in [3.8, 4) is 0 Å². The molecule has 8 heteroatoms. The summed E-state index contributed by atoms with van der Waals surface area (Å²) in [5, 5.41) is 11.7. The minimum absolute atomic E-state index is 0.0133. The van der Waals surface area contributed by atoms with E-state index in [0.717, 1.165) is 25.1 Å². The first kappa shape index (κ1) is 18.2. The van der Waals surface area contributed by atoms with Gasteiger partial charge in [0.05, 0.1) is 24.6 Å². The van der Waals surface area contributed by atoms with Gasteiger partial charge in [0.25, 0.3) is 0 Å². The van der Waals surface area contributed by atoms with E-state index in [2.05, 4.69) is 15.3 Å². The van der Waals surface area contributed by atoms with Gasteiger partial charge in [-0.3, -0.25) is 4.98 Å². The van der Waals surface area contributed by atoms with Crippen molar-refractivity contribution in [3.63, 3.8) is 0 Å². The van der Waals surface area contributed by atoms with Gasteiger partial charge in [-0.2, -0.15) is 0 Å².